The number of nitrogens with one attached hydrogen (secondary N) is 1. The fraction of sp³-hybridized carbons (Fsp3) is 0.150. The molecule has 2 N–H and O–H groups in total. The Morgan fingerprint density at radius 3 is 2.57 bits per heavy atom. The lowest BCUT2D eigenvalue weighted by molar-refractivity contribution is 0.0600. The zero-order chi connectivity index (χ0) is 21.8. The lowest BCUT2D eigenvalue weighted by Crippen LogP contribution is -2.25. The van der Waals surface area contributed by atoms with Crippen LogP contribution in [0.3, 0.4) is 0 Å². The van der Waals surface area contributed by atoms with Crippen molar-refractivity contribution < 1.29 is 23.4 Å². The number of hydrogen-bond donors (Lipinski definition) is 2. The topological polar surface area (TPSA) is 93.5 Å². The van der Waals surface area contributed by atoms with Crippen molar-refractivity contribution >= 4 is 23.3 Å². The van der Waals surface area contributed by atoms with E-state index < -0.39 is 34.8 Å². The van der Waals surface area contributed by atoms with Gasteiger partial charge in [0.2, 0.25) is 0 Å². The van der Waals surface area contributed by atoms with Gasteiger partial charge >= 0.3 is 5.97 Å². The first kappa shape index (κ1) is 21.4. The van der Waals surface area contributed by atoms with E-state index in [-0.39, 0.29) is 28.5 Å². The van der Waals surface area contributed by atoms with Crippen LogP contribution in [-0.4, -0.2) is 34.5 Å². The highest BCUT2D eigenvalue weighted by Crippen LogP contribution is 2.23. The molecule has 0 fully saturated rings. The zero-order valence-corrected chi connectivity index (χ0v) is 16.4. The van der Waals surface area contributed by atoms with Gasteiger partial charge < -0.3 is 15.2 Å². The van der Waals surface area contributed by atoms with Gasteiger partial charge in [0.1, 0.15) is 22.8 Å². The standard InChI is InChI=1S/C20H16ClF2N3O4/c1-30-20(29)11-5-2-3-8-15(11)26-19(28)18(21)14(9-25-26)24-10-16(27)17-12(22)6-4-7-13(17)23/h2-9,16,24,27H,10H2,1H3. The summed E-state index contributed by atoms with van der Waals surface area (Å²) in [6.45, 7) is -0.332. The molecule has 30 heavy (non-hydrogen) atoms. The molecule has 3 rings (SSSR count). The molecule has 0 aliphatic heterocycles. The van der Waals surface area contributed by atoms with Gasteiger partial charge in [-0.25, -0.2) is 13.6 Å². The van der Waals surface area contributed by atoms with Crippen LogP contribution in [0.4, 0.5) is 14.5 Å². The van der Waals surface area contributed by atoms with Crippen molar-refractivity contribution in [3.63, 3.8) is 0 Å². The molecule has 1 aromatic heterocycles. The van der Waals surface area contributed by atoms with Crippen LogP contribution in [0.1, 0.15) is 22.0 Å². The molecule has 0 amide bonds. The molecule has 0 saturated carbocycles. The third kappa shape index (κ3) is 4.17. The first-order chi connectivity index (χ1) is 14.3. The summed E-state index contributed by atoms with van der Waals surface area (Å²) in [6.07, 6.45) is -0.341. The molecule has 10 heteroatoms. The second-order valence-corrected chi connectivity index (χ2v) is 6.51. The quantitative estimate of drug-likeness (QED) is 0.578. The number of nitrogens with zero attached hydrogens (tertiary/aromatic N) is 2. The molecule has 1 heterocycles. The van der Waals surface area contributed by atoms with Crippen molar-refractivity contribution in [2.24, 2.45) is 0 Å². The van der Waals surface area contributed by atoms with E-state index >= 15 is 0 Å². The number of para-hydroxylation sites is 1. The summed E-state index contributed by atoms with van der Waals surface area (Å²) in [5, 5.41) is 16.5. The van der Waals surface area contributed by atoms with Crippen molar-refractivity contribution in [2.45, 2.75) is 6.10 Å². The van der Waals surface area contributed by atoms with Gasteiger partial charge in [-0.05, 0) is 24.3 Å². The molecule has 0 aliphatic rings. The zero-order valence-electron chi connectivity index (χ0n) is 15.6. The Morgan fingerprint density at radius 1 is 1.23 bits per heavy atom. The molecule has 0 aliphatic carbocycles. The van der Waals surface area contributed by atoms with Crippen molar-refractivity contribution in [1.29, 1.82) is 0 Å². The average Bonchev–Trinajstić information content (AvgIpc) is 2.74. The second kappa shape index (κ2) is 9.02. The maximum Gasteiger partial charge on any atom is 0.340 e. The molecule has 2 aromatic carbocycles. The van der Waals surface area contributed by atoms with E-state index in [9.17, 15) is 23.5 Å². The Morgan fingerprint density at radius 2 is 1.90 bits per heavy atom. The number of rotatable bonds is 6. The highest BCUT2D eigenvalue weighted by molar-refractivity contribution is 6.33. The van der Waals surface area contributed by atoms with Crippen molar-refractivity contribution in [1.82, 2.24) is 9.78 Å². The minimum atomic E-state index is -1.54. The number of anilines is 1. The third-order valence-corrected chi connectivity index (χ3v) is 4.64. The smallest absolute Gasteiger partial charge is 0.340 e. The molecule has 156 valence electrons. The van der Waals surface area contributed by atoms with E-state index in [0.717, 1.165) is 16.8 Å². The largest absolute Gasteiger partial charge is 0.465 e. The van der Waals surface area contributed by atoms with E-state index in [4.69, 9.17) is 16.3 Å². The Labute approximate surface area is 174 Å². The maximum absolute atomic E-state index is 13.8. The van der Waals surface area contributed by atoms with Crippen LogP contribution in [-0.2, 0) is 4.74 Å². The van der Waals surface area contributed by atoms with Gasteiger partial charge in [0.25, 0.3) is 5.56 Å². The highest BCUT2D eigenvalue weighted by atomic mass is 35.5. The first-order valence-electron chi connectivity index (χ1n) is 8.66. The number of methoxy groups -OCH3 is 1. The lowest BCUT2D eigenvalue weighted by Gasteiger charge is -2.16. The summed E-state index contributed by atoms with van der Waals surface area (Å²) >= 11 is 6.12. The first-order valence-corrected chi connectivity index (χ1v) is 9.04. The van der Waals surface area contributed by atoms with Gasteiger partial charge in [0.05, 0.1) is 35.8 Å². The van der Waals surface area contributed by atoms with Crippen molar-refractivity contribution in [2.75, 3.05) is 19.0 Å². The molecule has 0 saturated heterocycles. The van der Waals surface area contributed by atoms with E-state index in [2.05, 4.69) is 10.4 Å². The summed E-state index contributed by atoms with van der Waals surface area (Å²) in [5.74, 6) is -2.46. The van der Waals surface area contributed by atoms with Gasteiger partial charge in [0.15, 0.2) is 0 Å². The van der Waals surface area contributed by atoms with Crippen molar-refractivity contribution in [3.8, 4) is 5.69 Å². The van der Waals surface area contributed by atoms with Gasteiger partial charge in [-0.2, -0.15) is 9.78 Å². The third-order valence-electron chi connectivity index (χ3n) is 4.28. The second-order valence-electron chi connectivity index (χ2n) is 6.13. The number of aliphatic hydroxyl groups is 1. The number of halogens is 3. The molecule has 0 spiro atoms. The minimum Gasteiger partial charge on any atom is -0.465 e. The normalized spacial score (nSPS) is 11.8. The summed E-state index contributed by atoms with van der Waals surface area (Å²) in [6, 6.07) is 9.40. The van der Waals surface area contributed by atoms with Gasteiger partial charge in [0, 0.05) is 6.54 Å². The van der Waals surface area contributed by atoms with Crippen LogP contribution in [0.5, 0.6) is 0 Å². The summed E-state index contributed by atoms with van der Waals surface area (Å²) < 4.78 is 33.2. The molecule has 7 nitrogen and oxygen atoms in total. The average molecular weight is 436 g/mol. The Kier molecular flexibility index (Phi) is 6.43. The summed E-state index contributed by atoms with van der Waals surface area (Å²) in [7, 11) is 1.21. The number of benzene rings is 2. The maximum atomic E-state index is 13.8. The Hall–Kier alpha value is -3.30. The predicted molar refractivity (Wildman–Crippen MR) is 106 cm³/mol. The molecule has 0 bridgehead atoms. The fourth-order valence-corrected chi connectivity index (χ4v) is 3.00. The Balaban J connectivity index is 1.88. The van der Waals surface area contributed by atoms with Crippen LogP contribution in [0.2, 0.25) is 5.02 Å². The fourth-order valence-electron chi connectivity index (χ4n) is 2.81. The van der Waals surface area contributed by atoms with Gasteiger partial charge in [-0.15, -0.1) is 0 Å². The minimum absolute atomic E-state index is 0.0456. The van der Waals surface area contributed by atoms with Gasteiger partial charge in [-0.3, -0.25) is 4.79 Å². The number of carbonyl (C=O) groups excluding carboxylic acids is 1. The van der Waals surface area contributed by atoms with E-state index in [1.165, 1.54) is 31.5 Å². The van der Waals surface area contributed by atoms with Crippen LogP contribution >= 0.6 is 11.6 Å². The molecule has 1 unspecified atom stereocenters. The lowest BCUT2D eigenvalue weighted by atomic mass is 10.1. The number of aliphatic hydroxyl groups excluding tert-OH is 1. The SMILES string of the molecule is COC(=O)c1ccccc1-n1ncc(NCC(O)c2c(F)cccc2F)c(Cl)c1=O. The van der Waals surface area contributed by atoms with E-state index in [1.807, 2.05) is 0 Å². The number of aromatic nitrogens is 2. The summed E-state index contributed by atoms with van der Waals surface area (Å²) in [4.78, 5) is 24.6. The highest BCUT2D eigenvalue weighted by Gasteiger charge is 2.20. The predicted octanol–water partition coefficient (Wildman–Crippen LogP) is 3.10. The van der Waals surface area contributed by atoms with Gasteiger partial charge in [-0.1, -0.05) is 29.8 Å². The monoisotopic (exact) mass is 435 g/mol. The van der Waals surface area contributed by atoms with Crippen molar-refractivity contribution in [3.05, 3.63) is 86.8 Å². The molecule has 1 atom stereocenters. The molecular weight excluding hydrogens is 420 g/mol. The number of carbonyl (C=O) groups is 1. The van der Waals surface area contributed by atoms with Crippen LogP contribution in [0.15, 0.2) is 53.5 Å². The number of hydrogen-bond acceptors (Lipinski definition) is 6. The Bertz CT molecular complexity index is 1130. The summed E-state index contributed by atoms with van der Waals surface area (Å²) in [5.41, 5.74) is -0.934. The van der Waals surface area contributed by atoms with E-state index in [0.29, 0.717) is 0 Å². The van der Waals surface area contributed by atoms with E-state index in [1.54, 1.807) is 12.1 Å². The van der Waals surface area contributed by atoms with Crippen LogP contribution < -0.4 is 10.9 Å². The van der Waals surface area contributed by atoms with Crippen LogP contribution in [0.25, 0.3) is 5.69 Å². The number of esters is 1. The molecule has 0 radical (unpaired) electrons. The molecular formula is C20H16ClF2N3O4. The van der Waals surface area contributed by atoms with Crippen LogP contribution in [0, 0.1) is 11.6 Å². The number of ether oxygens (including phenoxy) is 1. The molecule has 3 aromatic rings.